The maximum Gasteiger partial charge on any atom is 0.327 e. The van der Waals surface area contributed by atoms with Crippen LogP contribution in [0.25, 0.3) is 0 Å². The van der Waals surface area contributed by atoms with E-state index in [1.54, 1.807) is 0 Å². The van der Waals surface area contributed by atoms with Crippen LogP contribution < -0.4 is 11.1 Å². The molecule has 1 saturated heterocycles. The van der Waals surface area contributed by atoms with E-state index in [2.05, 4.69) is 10.3 Å². The standard InChI is InChI=1S/C8H14N4O5.CH4/c9-7-10-2-12(8(16)11-7)6-5(15)4(14)3(1-13)17-6;/h3-6,13-15H,1-2H2,(H3,9,10,11,16);1H4/t3-,4?,5+,6-;/m1./s1. The second-order valence-electron chi connectivity index (χ2n) is 3.81. The predicted molar refractivity (Wildman–Crippen MR) is 61.4 cm³/mol. The Kier molecular flexibility index (Phi) is 4.46. The van der Waals surface area contributed by atoms with Crippen molar-refractivity contribution in [1.29, 1.82) is 0 Å². The van der Waals surface area contributed by atoms with Gasteiger partial charge in [0.05, 0.1) is 6.61 Å². The molecule has 104 valence electrons. The van der Waals surface area contributed by atoms with Crippen molar-refractivity contribution in [2.75, 3.05) is 13.3 Å². The smallest absolute Gasteiger partial charge is 0.327 e. The first-order valence-electron chi connectivity index (χ1n) is 5.04. The first kappa shape index (κ1) is 14.6. The maximum atomic E-state index is 11.6. The minimum Gasteiger partial charge on any atom is -0.394 e. The molecule has 18 heavy (non-hydrogen) atoms. The van der Waals surface area contributed by atoms with Crippen molar-refractivity contribution in [2.45, 2.75) is 32.0 Å². The zero-order valence-corrected chi connectivity index (χ0v) is 8.85. The lowest BCUT2D eigenvalue weighted by Crippen LogP contribution is -2.56. The van der Waals surface area contributed by atoms with Gasteiger partial charge in [-0.25, -0.2) is 9.79 Å². The summed E-state index contributed by atoms with van der Waals surface area (Å²) in [7, 11) is 0. The third-order valence-electron chi connectivity index (χ3n) is 2.71. The number of carbonyl (C=O) groups is 1. The van der Waals surface area contributed by atoms with Crippen molar-refractivity contribution in [3.05, 3.63) is 0 Å². The van der Waals surface area contributed by atoms with Gasteiger partial charge in [0.25, 0.3) is 0 Å². The third kappa shape index (κ3) is 2.38. The van der Waals surface area contributed by atoms with Crippen LogP contribution in [0.2, 0.25) is 0 Å². The Labute approximate surface area is 104 Å². The largest absolute Gasteiger partial charge is 0.394 e. The van der Waals surface area contributed by atoms with Crippen molar-refractivity contribution in [1.82, 2.24) is 10.2 Å². The van der Waals surface area contributed by atoms with Crippen molar-refractivity contribution in [3.63, 3.8) is 0 Å². The molecule has 0 aromatic carbocycles. The SMILES string of the molecule is C.NC1=NCN([C@@H]2O[C@H](CO)C(O)[C@@H]2O)C(=O)N1. The number of nitrogens with zero attached hydrogens (tertiary/aromatic N) is 2. The van der Waals surface area contributed by atoms with Crippen LogP contribution in [0.4, 0.5) is 4.79 Å². The summed E-state index contributed by atoms with van der Waals surface area (Å²) in [4.78, 5) is 16.4. The molecule has 0 radical (unpaired) electrons. The van der Waals surface area contributed by atoms with Crippen LogP contribution in [-0.4, -0.2) is 70.0 Å². The molecule has 9 heteroatoms. The van der Waals surface area contributed by atoms with Gasteiger partial charge in [-0.05, 0) is 0 Å². The number of carbonyl (C=O) groups excluding carboxylic acids is 1. The van der Waals surface area contributed by atoms with Gasteiger partial charge in [0.1, 0.15) is 25.0 Å². The molecule has 6 N–H and O–H groups in total. The highest BCUT2D eigenvalue weighted by Gasteiger charge is 2.47. The molecule has 0 aliphatic carbocycles. The number of aliphatic imine (C=N–C) groups is 1. The van der Waals surface area contributed by atoms with E-state index in [1.165, 1.54) is 0 Å². The summed E-state index contributed by atoms with van der Waals surface area (Å²) < 4.78 is 5.19. The summed E-state index contributed by atoms with van der Waals surface area (Å²) in [6.45, 7) is -0.528. The first-order valence-corrected chi connectivity index (χ1v) is 5.04. The number of amides is 2. The minimum absolute atomic E-state index is 0. The van der Waals surface area contributed by atoms with Crippen LogP contribution in [0.15, 0.2) is 4.99 Å². The Morgan fingerprint density at radius 1 is 1.50 bits per heavy atom. The van der Waals surface area contributed by atoms with Crippen LogP contribution >= 0.6 is 0 Å². The molecule has 2 rings (SSSR count). The number of aliphatic hydroxyl groups is 3. The lowest BCUT2D eigenvalue weighted by Gasteiger charge is -2.31. The third-order valence-corrected chi connectivity index (χ3v) is 2.71. The molecule has 4 atom stereocenters. The average Bonchev–Trinajstić information content (AvgIpc) is 2.57. The fraction of sp³-hybridized carbons (Fsp3) is 0.778. The van der Waals surface area contributed by atoms with Gasteiger partial charge in [0, 0.05) is 0 Å². The van der Waals surface area contributed by atoms with Crippen LogP contribution in [0.3, 0.4) is 0 Å². The number of hydrogen-bond acceptors (Lipinski definition) is 7. The van der Waals surface area contributed by atoms with Gasteiger partial charge < -0.3 is 25.8 Å². The van der Waals surface area contributed by atoms with Crippen LogP contribution in [0, 0.1) is 0 Å². The van der Waals surface area contributed by atoms with Crippen molar-refractivity contribution >= 4 is 12.0 Å². The Morgan fingerprint density at radius 2 is 2.17 bits per heavy atom. The van der Waals surface area contributed by atoms with E-state index in [0.717, 1.165) is 4.90 Å². The number of rotatable bonds is 2. The zero-order chi connectivity index (χ0) is 12.6. The summed E-state index contributed by atoms with van der Waals surface area (Å²) in [6.07, 6.45) is -4.53. The maximum absolute atomic E-state index is 11.6. The number of guanidine groups is 1. The van der Waals surface area contributed by atoms with Crippen molar-refractivity contribution in [2.24, 2.45) is 10.7 Å². The molecule has 0 spiro atoms. The molecule has 0 aromatic heterocycles. The van der Waals surface area contributed by atoms with Gasteiger partial charge in [-0.15, -0.1) is 0 Å². The van der Waals surface area contributed by atoms with E-state index in [4.69, 9.17) is 15.6 Å². The topological polar surface area (TPSA) is 141 Å². The van der Waals surface area contributed by atoms with Crippen LogP contribution in [-0.2, 0) is 4.74 Å². The van der Waals surface area contributed by atoms with Gasteiger partial charge in [0.15, 0.2) is 12.2 Å². The molecule has 2 heterocycles. The van der Waals surface area contributed by atoms with E-state index < -0.39 is 37.2 Å². The normalized spacial score (nSPS) is 35.8. The summed E-state index contributed by atoms with van der Waals surface area (Å²) in [6, 6.07) is -0.577. The second kappa shape index (κ2) is 5.48. The van der Waals surface area contributed by atoms with Gasteiger partial charge in [-0.3, -0.25) is 10.2 Å². The highest BCUT2D eigenvalue weighted by Crippen LogP contribution is 2.24. The van der Waals surface area contributed by atoms with E-state index >= 15 is 0 Å². The number of nitrogens with two attached hydrogens (primary N) is 1. The summed E-state index contributed by atoms with van der Waals surface area (Å²) in [5, 5.41) is 30.4. The number of urea groups is 1. The summed E-state index contributed by atoms with van der Waals surface area (Å²) >= 11 is 0. The monoisotopic (exact) mass is 262 g/mol. The van der Waals surface area contributed by atoms with E-state index in [0.29, 0.717) is 0 Å². The molecule has 1 fully saturated rings. The highest BCUT2D eigenvalue weighted by atomic mass is 16.6. The minimum atomic E-state index is -1.30. The zero-order valence-electron chi connectivity index (χ0n) is 8.85. The van der Waals surface area contributed by atoms with Crippen LogP contribution in [0.1, 0.15) is 7.43 Å². The number of aliphatic hydroxyl groups excluding tert-OH is 3. The number of hydrogen-bond donors (Lipinski definition) is 5. The first-order chi connectivity index (χ1) is 8.04. The van der Waals surface area contributed by atoms with Gasteiger partial charge in [-0.1, -0.05) is 7.43 Å². The van der Waals surface area contributed by atoms with Crippen LogP contribution in [0.5, 0.6) is 0 Å². The molecule has 2 aliphatic rings. The van der Waals surface area contributed by atoms with E-state index in [9.17, 15) is 15.0 Å². The average molecular weight is 262 g/mol. The fourth-order valence-electron chi connectivity index (χ4n) is 1.77. The molecule has 2 amide bonds. The summed E-state index contributed by atoms with van der Waals surface area (Å²) in [5.41, 5.74) is 5.30. The van der Waals surface area contributed by atoms with Gasteiger partial charge >= 0.3 is 6.03 Å². The molecule has 2 aliphatic heterocycles. The fourth-order valence-corrected chi connectivity index (χ4v) is 1.77. The van der Waals surface area contributed by atoms with Crippen molar-refractivity contribution in [3.8, 4) is 0 Å². The number of nitrogens with one attached hydrogen (secondary N) is 1. The van der Waals surface area contributed by atoms with E-state index in [1.807, 2.05) is 0 Å². The second-order valence-corrected chi connectivity index (χ2v) is 3.81. The molecule has 0 aromatic rings. The van der Waals surface area contributed by atoms with Gasteiger partial charge in [0.2, 0.25) is 0 Å². The Bertz CT molecular complexity index is 350. The Morgan fingerprint density at radius 3 is 2.67 bits per heavy atom. The Hall–Kier alpha value is -1.42. The molecular weight excluding hydrogens is 244 g/mol. The molecular formula is C9H18N4O5. The molecule has 0 saturated carbocycles. The van der Waals surface area contributed by atoms with E-state index in [-0.39, 0.29) is 20.1 Å². The quantitative estimate of drug-likeness (QED) is 0.368. The Balaban J connectivity index is 0.00000162. The lowest BCUT2D eigenvalue weighted by atomic mass is 10.1. The lowest BCUT2D eigenvalue weighted by molar-refractivity contribution is -0.0787. The summed E-state index contributed by atoms with van der Waals surface area (Å²) in [5.74, 6) is -0.0157. The van der Waals surface area contributed by atoms with Crippen molar-refractivity contribution < 1.29 is 24.9 Å². The highest BCUT2D eigenvalue weighted by molar-refractivity contribution is 5.96. The molecule has 0 bridgehead atoms. The predicted octanol–water partition coefficient (Wildman–Crippen LogP) is -2.64. The van der Waals surface area contributed by atoms with Gasteiger partial charge in [-0.2, -0.15) is 0 Å². The molecule has 1 unspecified atom stereocenters. The molecule has 9 nitrogen and oxygen atoms in total. The number of ether oxygens (including phenoxy) is 1.